The average molecular weight is 708 g/mol. The van der Waals surface area contributed by atoms with E-state index in [0.29, 0.717) is 41.9 Å². The highest BCUT2D eigenvalue weighted by Crippen LogP contribution is 2.42. The largest absolute Gasteiger partial charge is 0.362 e. The van der Waals surface area contributed by atoms with Crippen LogP contribution in [0.2, 0.25) is 10.0 Å². The van der Waals surface area contributed by atoms with Crippen molar-refractivity contribution < 1.29 is 31.3 Å². The maximum absolute atomic E-state index is 14.1. The van der Waals surface area contributed by atoms with Crippen molar-refractivity contribution in [1.29, 1.82) is 0 Å². The number of pyridine rings is 1. The number of nitrogens with zero attached hydrogens (tertiary/aromatic N) is 2. The Bertz CT molecular complexity index is 1810. The highest BCUT2D eigenvalue weighted by atomic mass is 35.5. The second kappa shape index (κ2) is 12.5. The molecule has 234 valence electrons. The average Bonchev–Trinajstić information content (AvgIpc) is 3.35. The maximum atomic E-state index is 14.1. The number of nitrogens with one attached hydrogen (secondary N) is 2. The van der Waals surface area contributed by atoms with Gasteiger partial charge in [-0.2, -0.15) is 17.2 Å². The van der Waals surface area contributed by atoms with E-state index >= 15 is 0 Å². The van der Waals surface area contributed by atoms with E-state index in [4.69, 9.17) is 34.8 Å². The lowest BCUT2D eigenvalue weighted by Gasteiger charge is -2.29. The van der Waals surface area contributed by atoms with Gasteiger partial charge < -0.3 is 15.2 Å². The number of aromatic amines is 1. The zero-order valence-electron chi connectivity index (χ0n) is 22.5. The van der Waals surface area contributed by atoms with Crippen molar-refractivity contribution in [3.05, 3.63) is 84.7 Å². The standard InChI is InChI=1S/C27H23Cl3F2N4O6S2/c28-17-3-1-4-18(29)23(17)43-20-11-21(27(30,31)32)34-24(37)22(20)25(38)35-12-15-9-14(5-8-44(40,41)42)19(10-16(15)13-35)36-7-2-6-33-26(36)39/h1,3-4,9-11H,2,5-8,12-13H2,(H,33,39)(H,34,37)(H,40,41,42). The maximum Gasteiger partial charge on any atom is 0.362 e. The molecular formula is C27H23Cl3F2N4O6S2. The summed E-state index contributed by atoms with van der Waals surface area (Å²) in [6.45, 7) is 0.832. The van der Waals surface area contributed by atoms with Crippen molar-refractivity contribution >= 4 is 74.3 Å². The fourth-order valence-electron chi connectivity index (χ4n) is 5.00. The number of fused-ring (bicyclic) bond motifs is 1. The second-order valence-electron chi connectivity index (χ2n) is 10.1. The first kappa shape index (κ1) is 32.5. The highest BCUT2D eigenvalue weighted by molar-refractivity contribution is 7.99. The Hall–Kier alpha value is -2.88. The smallest absolute Gasteiger partial charge is 0.338 e. The lowest BCUT2D eigenvalue weighted by molar-refractivity contribution is 0.0740. The number of H-pyrrole nitrogens is 1. The molecule has 1 aromatic heterocycles. The number of carbonyl (C=O) groups is 2. The molecular weight excluding hydrogens is 685 g/mol. The molecule has 0 spiro atoms. The van der Waals surface area contributed by atoms with E-state index in [1.54, 1.807) is 18.2 Å². The van der Waals surface area contributed by atoms with E-state index in [1.807, 2.05) is 4.98 Å². The van der Waals surface area contributed by atoms with Crippen LogP contribution in [0.1, 0.15) is 39.2 Å². The Kier molecular flexibility index (Phi) is 9.23. The van der Waals surface area contributed by atoms with Gasteiger partial charge in [-0.25, -0.2) is 4.79 Å². The van der Waals surface area contributed by atoms with Gasteiger partial charge in [-0.3, -0.25) is 19.0 Å². The number of anilines is 1. The minimum absolute atomic E-state index is 0.000975. The molecule has 44 heavy (non-hydrogen) atoms. The first-order valence-electron chi connectivity index (χ1n) is 13.0. The number of alkyl halides is 3. The van der Waals surface area contributed by atoms with Crippen LogP contribution < -0.4 is 15.8 Å². The van der Waals surface area contributed by atoms with Gasteiger partial charge in [0.15, 0.2) is 0 Å². The Morgan fingerprint density at radius 2 is 1.75 bits per heavy atom. The van der Waals surface area contributed by atoms with Gasteiger partial charge in [0.2, 0.25) is 0 Å². The molecule has 0 unspecified atom stereocenters. The number of rotatable bonds is 8. The van der Waals surface area contributed by atoms with Gasteiger partial charge in [0, 0.05) is 41.7 Å². The van der Waals surface area contributed by atoms with E-state index in [0.717, 1.165) is 17.8 Å². The van der Waals surface area contributed by atoms with Crippen LogP contribution in [-0.4, -0.2) is 53.6 Å². The molecule has 0 aliphatic carbocycles. The first-order chi connectivity index (χ1) is 20.6. The summed E-state index contributed by atoms with van der Waals surface area (Å²) < 4.78 is 60.5. The molecule has 0 bridgehead atoms. The Morgan fingerprint density at radius 3 is 2.36 bits per heavy atom. The summed E-state index contributed by atoms with van der Waals surface area (Å²) in [5, 5.41) is -0.876. The van der Waals surface area contributed by atoms with Crippen molar-refractivity contribution in [2.75, 3.05) is 23.7 Å². The zero-order valence-corrected chi connectivity index (χ0v) is 26.4. The third kappa shape index (κ3) is 7.00. The van der Waals surface area contributed by atoms with E-state index in [-0.39, 0.29) is 45.4 Å². The molecule has 3 amide bonds. The van der Waals surface area contributed by atoms with Crippen molar-refractivity contribution in [2.24, 2.45) is 0 Å². The van der Waals surface area contributed by atoms with Crippen molar-refractivity contribution in [2.45, 2.75) is 41.1 Å². The molecule has 1 fully saturated rings. The van der Waals surface area contributed by atoms with E-state index in [1.165, 1.54) is 21.9 Å². The summed E-state index contributed by atoms with van der Waals surface area (Å²) in [5.74, 6) is -1.37. The SMILES string of the molecule is O=C(c1c(Sc2c(Cl)cccc2Cl)cc(C(F)(F)Cl)[nH]c1=O)N1Cc2cc(CCS(=O)(=O)O)c(N3CCCNC3=O)cc2C1. The number of hydrogen-bond acceptors (Lipinski definition) is 6. The van der Waals surface area contributed by atoms with Gasteiger partial charge in [-0.15, -0.1) is 0 Å². The number of carbonyl (C=O) groups excluding carboxylic acids is 2. The summed E-state index contributed by atoms with van der Waals surface area (Å²) in [7, 11) is -4.32. The Balaban J connectivity index is 1.53. The van der Waals surface area contributed by atoms with Gasteiger partial charge in [0.1, 0.15) is 11.3 Å². The molecule has 3 aromatic rings. The zero-order chi connectivity index (χ0) is 32.0. The molecule has 2 aliphatic rings. The van der Waals surface area contributed by atoms with Crippen LogP contribution in [0.4, 0.5) is 19.3 Å². The number of aryl methyl sites for hydroxylation is 1. The van der Waals surface area contributed by atoms with Crippen LogP contribution >= 0.6 is 46.6 Å². The molecule has 1 saturated heterocycles. The molecule has 0 radical (unpaired) electrons. The monoisotopic (exact) mass is 706 g/mol. The number of halogens is 5. The molecule has 2 aromatic carbocycles. The van der Waals surface area contributed by atoms with Crippen molar-refractivity contribution in [3.63, 3.8) is 0 Å². The topological polar surface area (TPSA) is 140 Å². The predicted molar refractivity (Wildman–Crippen MR) is 163 cm³/mol. The molecule has 10 nitrogen and oxygen atoms in total. The van der Waals surface area contributed by atoms with Gasteiger partial charge in [0.05, 0.1) is 15.8 Å². The van der Waals surface area contributed by atoms with Crippen LogP contribution in [0.3, 0.4) is 0 Å². The van der Waals surface area contributed by atoms with Gasteiger partial charge in [0.25, 0.3) is 21.6 Å². The highest BCUT2D eigenvalue weighted by Gasteiger charge is 2.35. The van der Waals surface area contributed by atoms with Gasteiger partial charge in [-0.1, -0.05) is 47.1 Å². The van der Waals surface area contributed by atoms with Crippen LogP contribution in [0, 0.1) is 0 Å². The number of hydrogen-bond donors (Lipinski definition) is 3. The number of amides is 3. The van der Waals surface area contributed by atoms with E-state index in [2.05, 4.69) is 5.32 Å². The molecule has 0 atom stereocenters. The number of benzene rings is 2. The Labute approximate surface area is 269 Å². The number of urea groups is 1. The van der Waals surface area contributed by atoms with Crippen LogP contribution in [0.25, 0.3) is 0 Å². The summed E-state index contributed by atoms with van der Waals surface area (Å²) in [5.41, 5.74) is -0.331. The third-order valence-electron chi connectivity index (χ3n) is 7.06. The molecule has 0 saturated carbocycles. The summed E-state index contributed by atoms with van der Waals surface area (Å²) >= 11 is 18.5. The number of aromatic nitrogens is 1. The second-order valence-corrected chi connectivity index (χ2v) is 14.0. The summed E-state index contributed by atoms with van der Waals surface area (Å²) in [6.07, 6.45) is 0.535. The van der Waals surface area contributed by atoms with E-state index in [9.17, 15) is 36.1 Å². The van der Waals surface area contributed by atoms with Gasteiger partial charge >= 0.3 is 11.4 Å². The molecule has 2 aliphatic heterocycles. The molecule has 5 rings (SSSR count). The molecule has 3 N–H and O–H groups in total. The molecule has 17 heteroatoms. The lowest BCUT2D eigenvalue weighted by atomic mass is 10.0. The predicted octanol–water partition coefficient (Wildman–Crippen LogP) is 5.63. The van der Waals surface area contributed by atoms with E-state index < -0.39 is 44.0 Å². The molecule has 3 heterocycles. The van der Waals surface area contributed by atoms with Crippen molar-refractivity contribution in [1.82, 2.24) is 15.2 Å². The lowest BCUT2D eigenvalue weighted by Crippen LogP contribution is -2.47. The fourth-order valence-corrected chi connectivity index (χ4v) is 7.22. The quantitative estimate of drug-likeness (QED) is 0.204. The van der Waals surface area contributed by atoms with Crippen LogP contribution in [-0.2, 0) is 35.0 Å². The minimum Gasteiger partial charge on any atom is -0.338 e. The Morgan fingerprint density at radius 1 is 1.09 bits per heavy atom. The van der Waals surface area contributed by atoms with Crippen molar-refractivity contribution in [3.8, 4) is 0 Å². The minimum atomic E-state index is -4.32. The first-order valence-corrected chi connectivity index (χ1v) is 16.6. The normalized spacial score (nSPS) is 15.4. The fraction of sp³-hybridized carbons (Fsp3) is 0.296. The van der Waals surface area contributed by atoms with Crippen LogP contribution in [0.15, 0.2) is 51.0 Å². The summed E-state index contributed by atoms with van der Waals surface area (Å²) in [6, 6.07) is 8.45. The summed E-state index contributed by atoms with van der Waals surface area (Å²) in [4.78, 5) is 44.5. The van der Waals surface area contributed by atoms with Gasteiger partial charge in [-0.05, 0) is 65.4 Å². The third-order valence-corrected chi connectivity index (χ3v) is 10.0. The van der Waals surface area contributed by atoms with Crippen LogP contribution in [0.5, 0.6) is 0 Å².